The number of aliphatic hydroxyl groups is 1. The maximum absolute atomic E-state index is 12.8. The van der Waals surface area contributed by atoms with Crippen LogP contribution in [0, 0.1) is 13.8 Å². The van der Waals surface area contributed by atoms with E-state index in [0.717, 1.165) is 41.6 Å². The Bertz CT molecular complexity index is 1400. The maximum atomic E-state index is 12.8. The van der Waals surface area contributed by atoms with Crippen LogP contribution in [0.4, 0.5) is 0 Å². The van der Waals surface area contributed by atoms with Crippen LogP contribution in [-0.2, 0) is 22.5 Å². The van der Waals surface area contributed by atoms with Crippen molar-refractivity contribution in [2.45, 2.75) is 33.2 Å². The molecule has 3 aromatic rings. The van der Waals surface area contributed by atoms with Crippen molar-refractivity contribution in [3.8, 4) is 5.75 Å². The van der Waals surface area contributed by atoms with Crippen molar-refractivity contribution in [1.82, 2.24) is 4.90 Å². The first-order chi connectivity index (χ1) is 19.4. The zero-order valence-electron chi connectivity index (χ0n) is 23.5. The predicted molar refractivity (Wildman–Crippen MR) is 158 cm³/mol. The summed E-state index contributed by atoms with van der Waals surface area (Å²) >= 11 is 0. The molecule has 0 atom stereocenters. The van der Waals surface area contributed by atoms with Crippen molar-refractivity contribution in [2.75, 3.05) is 33.4 Å². The fourth-order valence-corrected chi connectivity index (χ4v) is 4.88. The topological polar surface area (TPSA) is 76.1 Å². The van der Waals surface area contributed by atoms with Gasteiger partial charge in [0, 0.05) is 19.6 Å². The second-order valence-corrected chi connectivity index (χ2v) is 10.1. The normalized spacial score (nSPS) is 12.5. The van der Waals surface area contributed by atoms with E-state index in [1.807, 2.05) is 44.2 Å². The molecular weight excluding hydrogens is 502 g/mol. The lowest BCUT2D eigenvalue weighted by Crippen LogP contribution is -2.29. The molecular formula is C34H37NO5. The summed E-state index contributed by atoms with van der Waals surface area (Å²) in [5, 5.41) is 8.91. The lowest BCUT2D eigenvalue weighted by atomic mass is 10.0. The Morgan fingerprint density at radius 3 is 2.55 bits per heavy atom. The number of nitrogens with zero attached hydrogens (tertiary/aromatic N) is 1. The molecule has 0 radical (unpaired) electrons. The Kier molecular flexibility index (Phi) is 10.1. The first-order valence-corrected chi connectivity index (χ1v) is 13.6. The molecule has 1 N–H and O–H groups in total. The number of carbonyl (C=O) groups is 2. The monoisotopic (exact) mass is 539 g/mol. The molecule has 3 aromatic carbocycles. The van der Waals surface area contributed by atoms with Crippen LogP contribution in [0.2, 0.25) is 0 Å². The largest absolute Gasteiger partial charge is 0.496 e. The SMILES string of the molecule is COc1cc(C(=O)OCCN(CCC2=CCc3ccccc32)Cc2ccc(/C=C/C(=O)CO)cc2)cc(C)c1C. The van der Waals surface area contributed by atoms with Gasteiger partial charge in [0.1, 0.15) is 19.0 Å². The minimum atomic E-state index is -0.494. The number of aliphatic hydroxyl groups excluding tert-OH is 1. The highest BCUT2D eigenvalue weighted by molar-refractivity contribution is 5.94. The third-order valence-electron chi connectivity index (χ3n) is 7.35. The lowest BCUT2D eigenvalue weighted by molar-refractivity contribution is -0.117. The highest BCUT2D eigenvalue weighted by atomic mass is 16.5. The second kappa shape index (κ2) is 13.9. The molecule has 0 saturated heterocycles. The van der Waals surface area contributed by atoms with Crippen LogP contribution in [0.5, 0.6) is 5.75 Å². The fraction of sp³-hybridized carbons (Fsp3) is 0.294. The molecule has 1 aliphatic rings. The van der Waals surface area contributed by atoms with Gasteiger partial charge in [-0.15, -0.1) is 0 Å². The summed E-state index contributed by atoms with van der Waals surface area (Å²) in [5.74, 6) is -0.00751. The number of esters is 1. The van der Waals surface area contributed by atoms with Crippen molar-refractivity contribution in [3.63, 3.8) is 0 Å². The third kappa shape index (κ3) is 7.56. The van der Waals surface area contributed by atoms with E-state index < -0.39 is 6.61 Å². The van der Waals surface area contributed by atoms with Crippen molar-refractivity contribution in [2.24, 2.45) is 0 Å². The van der Waals surface area contributed by atoms with Crippen LogP contribution in [0.15, 0.2) is 72.8 Å². The van der Waals surface area contributed by atoms with Crippen molar-refractivity contribution in [3.05, 3.63) is 112 Å². The molecule has 1 aliphatic carbocycles. The lowest BCUT2D eigenvalue weighted by Gasteiger charge is -2.23. The van der Waals surface area contributed by atoms with E-state index in [4.69, 9.17) is 14.6 Å². The van der Waals surface area contributed by atoms with Gasteiger partial charge in [0.2, 0.25) is 0 Å². The third-order valence-corrected chi connectivity index (χ3v) is 7.35. The van der Waals surface area contributed by atoms with E-state index in [1.54, 1.807) is 19.3 Å². The Labute approximate surface area is 236 Å². The van der Waals surface area contributed by atoms with Crippen LogP contribution in [0.25, 0.3) is 11.6 Å². The number of hydrogen-bond donors (Lipinski definition) is 1. The molecule has 0 saturated carbocycles. The van der Waals surface area contributed by atoms with E-state index in [9.17, 15) is 9.59 Å². The zero-order valence-corrected chi connectivity index (χ0v) is 23.5. The number of ether oxygens (including phenoxy) is 2. The van der Waals surface area contributed by atoms with E-state index in [0.29, 0.717) is 24.4 Å². The summed E-state index contributed by atoms with van der Waals surface area (Å²) in [5.41, 5.74) is 8.54. The first-order valence-electron chi connectivity index (χ1n) is 13.6. The maximum Gasteiger partial charge on any atom is 0.338 e. The second-order valence-electron chi connectivity index (χ2n) is 10.1. The van der Waals surface area contributed by atoms with Gasteiger partial charge in [-0.2, -0.15) is 0 Å². The molecule has 0 spiro atoms. The van der Waals surface area contributed by atoms with Gasteiger partial charge < -0.3 is 14.6 Å². The Balaban J connectivity index is 1.41. The van der Waals surface area contributed by atoms with Crippen molar-refractivity contribution in [1.29, 1.82) is 0 Å². The van der Waals surface area contributed by atoms with E-state index in [2.05, 4.69) is 35.2 Å². The number of ketones is 1. The Morgan fingerprint density at radius 2 is 1.80 bits per heavy atom. The van der Waals surface area contributed by atoms with Gasteiger partial charge in [-0.25, -0.2) is 4.79 Å². The van der Waals surface area contributed by atoms with E-state index >= 15 is 0 Å². The number of fused-ring (bicyclic) bond motifs is 1. The van der Waals surface area contributed by atoms with Crippen LogP contribution >= 0.6 is 0 Å². The van der Waals surface area contributed by atoms with Gasteiger partial charge in [-0.3, -0.25) is 9.69 Å². The highest BCUT2D eigenvalue weighted by Crippen LogP contribution is 2.30. The number of methoxy groups -OCH3 is 1. The molecule has 0 heterocycles. The van der Waals surface area contributed by atoms with Gasteiger partial charge in [0.25, 0.3) is 0 Å². The summed E-state index contributed by atoms with van der Waals surface area (Å²) in [4.78, 5) is 26.5. The first kappa shape index (κ1) is 29.0. The number of carbonyl (C=O) groups excluding carboxylic acids is 2. The molecule has 6 heteroatoms. The molecule has 0 unspecified atom stereocenters. The summed E-state index contributed by atoms with van der Waals surface area (Å²) < 4.78 is 11.1. The molecule has 40 heavy (non-hydrogen) atoms. The number of allylic oxidation sites excluding steroid dienone is 1. The molecule has 0 fully saturated rings. The van der Waals surface area contributed by atoms with E-state index in [-0.39, 0.29) is 18.4 Å². The highest BCUT2D eigenvalue weighted by Gasteiger charge is 2.17. The van der Waals surface area contributed by atoms with E-state index in [1.165, 1.54) is 22.8 Å². The van der Waals surface area contributed by atoms with Crippen LogP contribution in [0.3, 0.4) is 0 Å². The Morgan fingerprint density at radius 1 is 1.02 bits per heavy atom. The predicted octanol–water partition coefficient (Wildman–Crippen LogP) is 5.58. The minimum Gasteiger partial charge on any atom is -0.496 e. The van der Waals surface area contributed by atoms with Crippen molar-refractivity contribution >= 4 is 23.4 Å². The molecule has 0 bridgehead atoms. The average molecular weight is 540 g/mol. The van der Waals surface area contributed by atoms with Crippen molar-refractivity contribution < 1.29 is 24.2 Å². The summed E-state index contributed by atoms with van der Waals surface area (Å²) in [7, 11) is 1.60. The molecule has 0 aliphatic heterocycles. The van der Waals surface area contributed by atoms with Gasteiger partial charge in [-0.05, 0) is 83.9 Å². The van der Waals surface area contributed by atoms with Crippen LogP contribution < -0.4 is 4.74 Å². The minimum absolute atomic E-state index is 0.272. The van der Waals surface area contributed by atoms with Crippen LogP contribution in [-0.4, -0.2) is 55.2 Å². The molecule has 6 nitrogen and oxygen atoms in total. The van der Waals surface area contributed by atoms with Gasteiger partial charge in [-0.1, -0.05) is 60.7 Å². The summed E-state index contributed by atoms with van der Waals surface area (Å²) in [6, 6.07) is 20.1. The van der Waals surface area contributed by atoms with Gasteiger partial charge in [0.15, 0.2) is 5.78 Å². The fourth-order valence-electron chi connectivity index (χ4n) is 4.88. The average Bonchev–Trinajstić information content (AvgIpc) is 3.39. The number of rotatable bonds is 13. The molecule has 208 valence electrons. The van der Waals surface area contributed by atoms with Gasteiger partial charge >= 0.3 is 5.97 Å². The number of benzene rings is 3. The standard InChI is InChI=1S/C34H37NO5/c1-24-20-30(21-33(39-3)25(24)2)34(38)40-19-18-35(17-16-29-14-13-28-6-4-5-7-32(28)29)22-27-10-8-26(9-11-27)12-15-31(37)23-36/h4-12,14-15,20-21,36H,13,16-19,22-23H2,1-3H3/b15-12+. The number of hydrogen-bond acceptors (Lipinski definition) is 6. The summed E-state index contributed by atoms with van der Waals surface area (Å²) in [6.45, 7) is 5.81. The molecule has 0 aromatic heterocycles. The smallest absolute Gasteiger partial charge is 0.338 e. The molecule has 0 amide bonds. The van der Waals surface area contributed by atoms with Gasteiger partial charge in [0.05, 0.1) is 12.7 Å². The quantitative estimate of drug-likeness (QED) is 0.226. The number of aryl methyl sites for hydroxylation is 1. The summed E-state index contributed by atoms with van der Waals surface area (Å²) in [6.07, 6.45) is 7.27. The zero-order chi connectivity index (χ0) is 28.5. The molecule has 4 rings (SSSR count). The Hall–Kier alpha value is -4.00. The van der Waals surface area contributed by atoms with Crippen LogP contribution in [0.1, 0.15) is 50.2 Å².